The zero-order valence-corrected chi connectivity index (χ0v) is 16.1. The number of hydrogen-bond acceptors (Lipinski definition) is 4. The number of halogens is 1. The molecule has 5 nitrogen and oxygen atoms in total. The van der Waals surface area contributed by atoms with Crippen LogP contribution in [0.25, 0.3) is 0 Å². The molecule has 1 aromatic carbocycles. The number of piperazine rings is 1. The average molecular weight is 392 g/mol. The number of amides is 2. The highest BCUT2D eigenvalue weighted by atomic mass is 35.5. The molecule has 7 heteroatoms. The number of nitrogens with one attached hydrogen (secondary N) is 1. The van der Waals surface area contributed by atoms with Crippen LogP contribution in [0.5, 0.6) is 0 Å². The smallest absolute Gasteiger partial charge is 0.238 e. The van der Waals surface area contributed by atoms with Crippen LogP contribution in [-0.2, 0) is 16.0 Å². The van der Waals surface area contributed by atoms with Crippen LogP contribution in [0.3, 0.4) is 0 Å². The van der Waals surface area contributed by atoms with Gasteiger partial charge in [0.1, 0.15) is 0 Å². The normalized spacial score (nSPS) is 15.0. The number of hydrogen-bond donors (Lipinski definition) is 1. The standard InChI is InChI=1S/C19H22ClN3O2S/c20-16-3-1-2-4-17(16)21-18(24)13-22-8-10-23(11-9-22)19(25)6-5-15-7-12-26-14-15/h1-4,7,12,14H,5-6,8-11,13H2,(H,21,24). The first-order chi connectivity index (χ1) is 12.6. The maximum atomic E-state index is 12.3. The molecule has 0 unspecified atom stereocenters. The van der Waals surface area contributed by atoms with E-state index < -0.39 is 0 Å². The molecule has 2 aromatic rings. The van der Waals surface area contributed by atoms with Crippen molar-refractivity contribution in [1.82, 2.24) is 9.80 Å². The van der Waals surface area contributed by atoms with Gasteiger partial charge in [-0.25, -0.2) is 0 Å². The maximum Gasteiger partial charge on any atom is 0.238 e. The molecular formula is C19H22ClN3O2S. The number of carbonyl (C=O) groups is 2. The number of carbonyl (C=O) groups excluding carboxylic acids is 2. The molecule has 1 fully saturated rings. The largest absolute Gasteiger partial charge is 0.340 e. The summed E-state index contributed by atoms with van der Waals surface area (Å²) >= 11 is 7.72. The molecule has 1 aliphatic heterocycles. The predicted molar refractivity (Wildman–Crippen MR) is 106 cm³/mol. The van der Waals surface area contributed by atoms with E-state index in [0.29, 0.717) is 49.9 Å². The second-order valence-corrected chi connectivity index (χ2v) is 7.50. The van der Waals surface area contributed by atoms with Gasteiger partial charge in [-0.3, -0.25) is 14.5 Å². The van der Waals surface area contributed by atoms with Gasteiger partial charge in [0.05, 0.1) is 17.3 Å². The van der Waals surface area contributed by atoms with E-state index in [4.69, 9.17) is 11.6 Å². The van der Waals surface area contributed by atoms with E-state index in [2.05, 4.69) is 21.7 Å². The average Bonchev–Trinajstić information content (AvgIpc) is 3.16. The number of para-hydroxylation sites is 1. The van der Waals surface area contributed by atoms with E-state index in [1.54, 1.807) is 23.5 Å². The van der Waals surface area contributed by atoms with E-state index in [0.717, 1.165) is 6.42 Å². The fourth-order valence-corrected chi connectivity index (χ4v) is 3.84. The first kappa shape index (κ1) is 18.9. The topological polar surface area (TPSA) is 52.7 Å². The third-order valence-electron chi connectivity index (χ3n) is 4.45. The van der Waals surface area contributed by atoms with E-state index in [1.807, 2.05) is 22.4 Å². The van der Waals surface area contributed by atoms with E-state index in [9.17, 15) is 9.59 Å². The summed E-state index contributed by atoms with van der Waals surface area (Å²) in [6, 6.07) is 9.25. The Labute approximate surface area is 162 Å². The highest BCUT2D eigenvalue weighted by Crippen LogP contribution is 2.20. The third kappa shape index (κ3) is 5.30. The second-order valence-electron chi connectivity index (χ2n) is 6.32. The molecule has 26 heavy (non-hydrogen) atoms. The minimum absolute atomic E-state index is 0.0877. The highest BCUT2D eigenvalue weighted by Gasteiger charge is 2.22. The van der Waals surface area contributed by atoms with Gasteiger partial charge in [-0.1, -0.05) is 23.7 Å². The zero-order chi connectivity index (χ0) is 18.4. The first-order valence-electron chi connectivity index (χ1n) is 8.67. The van der Waals surface area contributed by atoms with Crippen molar-refractivity contribution >= 4 is 40.4 Å². The fraction of sp³-hybridized carbons (Fsp3) is 0.368. The molecule has 2 heterocycles. The summed E-state index contributed by atoms with van der Waals surface area (Å²) in [5, 5.41) is 7.48. The molecule has 138 valence electrons. The summed E-state index contributed by atoms with van der Waals surface area (Å²) in [7, 11) is 0. The summed E-state index contributed by atoms with van der Waals surface area (Å²) in [6.45, 7) is 3.06. The number of benzene rings is 1. The number of aryl methyl sites for hydroxylation is 1. The molecule has 2 amide bonds. The Bertz CT molecular complexity index is 743. The summed E-state index contributed by atoms with van der Waals surface area (Å²) in [5.74, 6) is 0.103. The van der Waals surface area contributed by atoms with Gasteiger partial charge >= 0.3 is 0 Å². The van der Waals surface area contributed by atoms with Crippen LogP contribution < -0.4 is 5.32 Å². The Morgan fingerprint density at radius 2 is 1.88 bits per heavy atom. The van der Waals surface area contributed by atoms with Gasteiger partial charge in [-0.15, -0.1) is 0 Å². The van der Waals surface area contributed by atoms with E-state index >= 15 is 0 Å². The van der Waals surface area contributed by atoms with Gasteiger partial charge in [0.15, 0.2) is 0 Å². The van der Waals surface area contributed by atoms with Crippen LogP contribution in [0, 0.1) is 0 Å². The Balaban J connectivity index is 1.40. The SMILES string of the molecule is O=C(CN1CCN(C(=O)CCc2ccsc2)CC1)Nc1ccccc1Cl. The first-order valence-corrected chi connectivity index (χ1v) is 9.99. The molecule has 0 radical (unpaired) electrons. The van der Waals surface area contributed by atoms with Crippen LogP contribution in [0.1, 0.15) is 12.0 Å². The van der Waals surface area contributed by atoms with Gasteiger partial charge < -0.3 is 10.2 Å². The predicted octanol–water partition coefficient (Wildman–Crippen LogP) is 3.12. The zero-order valence-electron chi connectivity index (χ0n) is 14.5. The van der Waals surface area contributed by atoms with Crippen molar-refractivity contribution in [1.29, 1.82) is 0 Å². The molecular weight excluding hydrogens is 370 g/mol. The monoisotopic (exact) mass is 391 g/mol. The molecule has 1 saturated heterocycles. The van der Waals surface area contributed by atoms with Gasteiger partial charge in [0.25, 0.3) is 0 Å². The minimum Gasteiger partial charge on any atom is -0.340 e. The fourth-order valence-electron chi connectivity index (χ4n) is 2.96. The van der Waals surface area contributed by atoms with Crippen molar-refractivity contribution in [3.8, 4) is 0 Å². The molecule has 0 saturated carbocycles. The summed E-state index contributed by atoms with van der Waals surface area (Å²) in [6.07, 6.45) is 1.34. The molecule has 0 bridgehead atoms. The van der Waals surface area contributed by atoms with Crippen molar-refractivity contribution in [2.75, 3.05) is 38.0 Å². The molecule has 1 N–H and O–H groups in total. The number of thiophene rings is 1. The summed E-state index contributed by atoms with van der Waals surface area (Å²) < 4.78 is 0. The van der Waals surface area contributed by atoms with Gasteiger partial charge in [-0.2, -0.15) is 11.3 Å². The minimum atomic E-state index is -0.0877. The lowest BCUT2D eigenvalue weighted by molar-refractivity contribution is -0.133. The van der Waals surface area contributed by atoms with Crippen molar-refractivity contribution in [3.05, 3.63) is 51.7 Å². The van der Waals surface area contributed by atoms with E-state index in [1.165, 1.54) is 5.56 Å². The lowest BCUT2D eigenvalue weighted by Crippen LogP contribution is -2.50. The van der Waals surface area contributed by atoms with Crippen molar-refractivity contribution in [2.24, 2.45) is 0 Å². The lowest BCUT2D eigenvalue weighted by Gasteiger charge is -2.34. The number of rotatable bonds is 6. The molecule has 1 aromatic heterocycles. The molecule has 3 rings (SSSR count). The summed E-state index contributed by atoms with van der Waals surface area (Å²) in [5.41, 5.74) is 1.85. The second kappa shape index (κ2) is 9.16. The number of nitrogens with zero attached hydrogens (tertiary/aromatic N) is 2. The highest BCUT2D eigenvalue weighted by molar-refractivity contribution is 7.07. The van der Waals surface area contributed by atoms with Crippen molar-refractivity contribution in [3.63, 3.8) is 0 Å². The van der Waals surface area contributed by atoms with Gasteiger partial charge in [0, 0.05) is 32.6 Å². The maximum absolute atomic E-state index is 12.3. The third-order valence-corrected chi connectivity index (χ3v) is 5.51. The molecule has 0 atom stereocenters. The van der Waals surface area contributed by atoms with Crippen LogP contribution in [0.4, 0.5) is 5.69 Å². The molecule has 1 aliphatic rings. The van der Waals surface area contributed by atoms with Crippen molar-refractivity contribution < 1.29 is 9.59 Å². The molecule has 0 spiro atoms. The Morgan fingerprint density at radius 3 is 2.58 bits per heavy atom. The van der Waals surface area contributed by atoms with Crippen LogP contribution in [0.15, 0.2) is 41.1 Å². The van der Waals surface area contributed by atoms with Gasteiger partial charge in [-0.05, 0) is 40.9 Å². The van der Waals surface area contributed by atoms with Crippen molar-refractivity contribution in [2.45, 2.75) is 12.8 Å². The number of anilines is 1. The Morgan fingerprint density at radius 1 is 1.12 bits per heavy atom. The van der Waals surface area contributed by atoms with Crippen LogP contribution in [-0.4, -0.2) is 54.3 Å². The van der Waals surface area contributed by atoms with Crippen LogP contribution in [0.2, 0.25) is 5.02 Å². The van der Waals surface area contributed by atoms with Gasteiger partial charge in [0.2, 0.25) is 11.8 Å². The Kier molecular flexibility index (Phi) is 6.66. The van der Waals surface area contributed by atoms with Crippen LogP contribution >= 0.6 is 22.9 Å². The lowest BCUT2D eigenvalue weighted by atomic mass is 10.1. The summed E-state index contributed by atoms with van der Waals surface area (Å²) in [4.78, 5) is 28.5. The van der Waals surface area contributed by atoms with E-state index in [-0.39, 0.29) is 11.8 Å². The molecule has 0 aliphatic carbocycles. The Hall–Kier alpha value is -1.89. The quantitative estimate of drug-likeness (QED) is 0.823.